The normalized spacial score (nSPS) is 2.00. The Kier molecular flexibility index (Phi) is 78.5. The number of hydrogen-bond donors (Lipinski definition) is 0. The largest absolute Gasteiger partial charge is 2.00 e. The molecule has 0 aromatic rings. The minimum Gasteiger partial charge on any atom is -1.00 e. The van der Waals surface area contributed by atoms with Crippen LogP contribution in [0.5, 0.6) is 0 Å². The molecule has 0 fully saturated rings. The van der Waals surface area contributed by atoms with E-state index in [4.69, 9.17) is 0 Å². The molecule has 4 heavy (non-hydrogen) atoms. The first kappa shape index (κ1) is 16.4. The van der Waals surface area contributed by atoms with Crippen molar-refractivity contribution >= 4 is 55.3 Å². The monoisotopic (exact) mass is 148 g/mol. The first-order chi connectivity index (χ1) is 1.00. The first-order valence-electron chi connectivity index (χ1n) is 0.577. The molecule has 0 spiro atoms. The third kappa shape index (κ3) is 8.90. The molecule has 0 unspecified atom stereocenters. The Balaban J connectivity index is -0.000000000833. The Bertz CT molecular complexity index is 13.5. The van der Waals surface area contributed by atoms with E-state index in [1.54, 1.807) is 0 Å². The smallest absolute Gasteiger partial charge is 1.00 e. The van der Waals surface area contributed by atoms with Crippen molar-refractivity contribution in [2.75, 3.05) is 0 Å². The minimum absolute atomic E-state index is 0. The Morgan fingerprint density at radius 3 is 1.50 bits per heavy atom. The molecule has 0 aliphatic rings. The minimum atomic E-state index is 0. The molecular weight excluding hydrogens is 144 g/mol. The van der Waals surface area contributed by atoms with Gasteiger partial charge in [-0.15, -0.1) is 0 Å². The summed E-state index contributed by atoms with van der Waals surface area (Å²) in [7, 11) is 5.44. The van der Waals surface area contributed by atoms with Crippen molar-refractivity contribution in [3.05, 3.63) is 0 Å². The molecule has 0 amide bonds. The molecule has 0 aliphatic heterocycles. The molecule has 0 aromatic carbocycles. The summed E-state index contributed by atoms with van der Waals surface area (Å²) in [5, 5.41) is 0. The second-order valence-corrected chi connectivity index (χ2v) is 0. The molecule has 0 saturated heterocycles. The summed E-state index contributed by atoms with van der Waals surface area (Å²) in [5.74, 6) is 0. The Morgan fingerprint density at radius 2 is 1.50 bits per heavy atom. The van der Waals surface area contributed by atoms with Crippen LogP contribution in [0.3, 0.4) is 0 Å². The molecule has 0 aromatic heterocycles. The standard InChI is InChI=1S/BH3Si.Ca.Zn.2H/c1-2;;;;/h2H3;;;;/q;+2;;2*-1. The van der Waals surface area contributed by atoms with Crippen LogP contribution in [-0.4, -0.2) is 55.3 Å². The van der Waals surface area contributed by atoms with Crippen LogP contribution in [-0.2, 0) is 19.5 Å². The van der Waals surface area contributed by atoms with Gasteiger partial charge in [0.25, 0.3) is 0 Å². The van der Waals surface area contributed by atoms with Gasteiger partial charge in [0.15, 0.2) is 0 Å². The fraction of sp³-hybridized carbons (Fsp3) is 0. The van der Waals surface area contributed by atoms with Gasteiger partial charge in [0.05, 0.1) is 0 Å². The van der Waals surface area contributed by atoms with Crippen LogP contribution in [0.25, 0.3) is 0 Å². The third-order valence-corrected chi connectivity index (χ3v) is 0. The fourth-order valence-electron chi connectivity index (χ4n) is 0. The molecule has 0 bridgehead atoms. The summed E-state index contributed by atoms with van der Waals surface area (Å²) in [5.41, 5.74) is 0. The second-order valence-electron chi connectivity index (χ2n) is 0. The zero-order chi connectivity index (χ0) is 2.00. The second kappa shape index (κ2) is 19.1. The average Bonchev–Trinajstić information content (AvgIpc) is 1.00. The van der Waals surface area contributed by atoms with Crippen LogP contribution in [0.4, 0.5) is 0 Å². The van der Waals surface area contributed by atoms with Gasteiger partial charge < -0.3 is 2.85 Å². The molecule has 0 atom stereocenters. The molecule has 0 nitrogen and oxygen atoms in total. The molecular formula is H5BCaSiZn. The van der Waals surface area contributed by atoms with Gasteiger partial charge in [-0.3, -0.25) is 0 Å². The predicted molar refractivity (Wildman–Crippen MR) is 23.7 cm³/mol. The van der Waals surface area contributed by atoms with Gasteiger partial charge in [-0.25, -0.2) is 0 Å². The first-order valence-corrected chi connectivity index (χ1v) is 1.73. The fourth-order valence-corrected chi connectivity index (χ4v) is 0. The van der Waals surface area contributed by atoms with Gasteiger partial charge in [0, 0.05) is 26.9 Å². The van der Waals surface area contributed by atoms with Crippen LogP contribution in [0, 0.1) is 0 Å². The Morgan fingerprint density at radius 1 is 1.50 bits per heavy atom. The zero-order valence-corrected chi connectivity index (χ0v) is 10.2. The van der Waals surface area contributed by atoms with E-state index in [-0.39, 0.29) is 60.1 Å². The molecule has 2 radical (unpaired) electrons. The van der Waals surface area contributed by atoms with Crippen LogP contribution in [0.15, 0.2) is 0 Å². The predicted octanol–water partition coefficient (Wildman–Crippen LogP) is -1.72. The van der Waals surface area contributed by atoms with E-state index in [2.05, 4.69) is 7.44 Å². The van der Waals surface area contributed by atoms with E-state index in [1.807, 2.05) is 0 Å². The van der Waals surface area contributed by atoms with Crippen molar-refractivity contribution in [1.82, 2.24) is 0 Å². The van der Waals surface area contributed by atoms with Crippen molar-refractivity contribution in [2.24, 2.45) is 0 Å². The molecule has 0 heterocycles. The molecule has 0 saturated carbocycles. The van der Waals surface area contributed by atoms with Crippen molar-refractivity contribution in [1.29, 1.82) is 0 Å². The number of hydrogen-bond acceptors (Lipinski definition) is 0. The maximum Gasteiger partial charge on any atom is 2.00 e. The third-order valence-electron chi connectivity index (χ3n) is 0. The summed E-state index contributed by atoms with van der Waals surface area (Å²) >= 11 is 0. The quantitative estimate of drug-likeness (QED) is 0.359. The molecule has 0 aliphatic carbocycles. The van der Waals surface area contributed by atoms with Crippen LogP contribution < -0.4 is 0 Å². The van der Waals surface area contributed by atoms with Gasteiger partial charge in [-0.05, 0) is 10.1 Å². The Labute approximate surface area is 76.6 Å². The summed E-state index contributed by atoms with van der Waals surface area (Å²) < 4.78 is 0. The van der Waals surface area contributed by atoms with E-state index in [1.165, 1.54) is 0 Å². The van der Waals surface area contributed by atoms with Gasteiger partial charge in [-0.2, -0.15) is 0 Å². The molecule has 4 heteroatoms. The summed E-state index contributed by atoms with van der Waals surface area (Å²) in [6.07, 6.45) is 0. The maximum atomic E-state index is 4.64. The summed E-state index contributed by atoms with van der Waals surface area (Å²) in [6.45, 7) is 0. The van der Waals surface area contributed by atoms with Crippen LogP contribution in [0.2, 0.25) is 0 Å². The van der Waals surface area contributed by atoms with E-state index >= 15 is 0 Å². The van der Waals surface area contributed by atoms with E-state index in [9.17, 15) is 0 Å². The van der Waals surface area contributed by atoms with Crippen molar-refractivity contribution < 1.29 is 22.3 Å². The van der Waals surface area contributed by atoms with Gasteiger partial charge in [0.1, 0.15) is 0 Å². The summed E-state index contributed by atoms with van der Waals surface area (Å²) in [6, 6.07) is 0. The van der Waals surface area contributed by atoms with E-state index in [0.717, 1.165) is 10.1 Å². The topological polar surface area (TPSA) is 0 Å². The maximum absolute atomic E-state index is 4.64. The zero-order valence-electron chi connectivity index (χ0n) is 4.99. The van der Waals surface area contributed by atoms with E-state index in [0.29, 0.717) is 0 Å². The van der Waals surface area contributed by atoms with Crippen molar-refractivity contribution in [2.45, 2.75) is 0 Å². The van der Waals surface area contributed by atoms with Crippen molar-refractivity contribution in [3.8, 4) is 0 Å². The van der Waals surface area contributed by atoms with Crippen LogP contribution >= 0.6 is 0 Å². The van der Waals surface area contributed by atoms with Gasteiger partial charge >= 0.3 is 37.7 Å². The molecule has 16 valence electrons. The molecule has 0 rings (SSSR count). The van der Waals surface area contributed by atoms with Gasteiger partial charge in [0.2, 0.25) is 0 Å². The SMILES string of the molecule is [B][SiH3].[Ca+2].[H-].[H-].[Zn]. The Hall–Kier alpha value is 2.16. The van der Waals surface area contributed by atoms with Gasteiger partial charge in [-0.1, -0.05) is 0 Å². The summed E-state index contributed by atoms with van der Waals surface area (Å²) in [4.78, 5) is 0. The number of rotatable bonds is 0. The average molecular weight is 149 g/mol. The van der Waals surface area contributed by atoms with E-state index < -0.39 is 0 Å². The molecule has 0 N–H and O–H groups in total. The van der Waals surface area contributed by atoms with Crippen LogP contribution in [0.1, 0.15) is 2.85 Å². The van der Waals surface area contributed by atoms with Crippen molar-refractivity contribution in [3.63, 3.8) is 0 Å².